The molecule has 0 fully saturated rings. The van der Waals surface area contributed by atoms with E-state index < -0.39 is 35.3 Å². The fourth-order valence-corrected chi connectivity index (χ4v) is 1.99. The predicted molar refractivity (Wildman–Crippen MR) is 75.2 cm³/mol. The zero-order valence-electron chi connectivity index (χ0n) is 11.1. The highest BCUT2D eigenvalue weighted by Crippen LogP contribution is 2.27. The minimum Gasteiger partial charge on any atom is -0.506 e. The van der Waals surface area contributed by atoms with Gasteiger partial charge in [-0.1, -0.05) is 0 Å². The average Bonchev–Trinajstić information content (AvgIpc) is 2.42. The molecular weight excluding hydrogens is 278 g/mol. The molecule has 0 aliphatic rings. The number of carboxylic acid groups (broad SMARTS) is 1. The average molecular weight is 291 g/mol. The van der Waals surface area contributed by atoms with Crippen LogP contribution >= 0.6 is 0 Å². The Balaban J connectivity index is 2.65. The molecule has 0 radical (unpaired) electrons. The highest BCUT2D eigenvalue weighted by molar-refractivity contribution is 6.03. The van der Waals surface area contributed by atoms with Gasteiger partial charge >= 0.3 is 5.97 Å². The van der Waals surface area contributed by atoms with E-state index in [9.17, 15) is 19.5 Å². The van der Waals surface area contributed by atoms with Gasteiger partial charge < -0.3 is 25.8 Å². The number of nitrogens with two attached hydrogens (primary N) is 1. The van der Waals surface area contributed by atoms with Gasteiger partial charge in [-0.2, -0.15) is 0 Å². The van der Waals surface area contributed by atoms with Crippen molar-refractivity contribution in [3.8, 4) is 5.75 Å². The van der Waals surface area contributed by atoms with E-state index in [1.165, 1.54) is 29.8 Å². The van der Waals surface area contributed by atoms with Crippen LogP contribution in [-0.4, -0.2) is 33.2 Å². The van der Waals surface area contributed by atoms with E-state index in [-0.39, 0.29) is 5.39 Å². The number of aliphatic carboxylic acids is 1. The van der Waals surface area contributed by atoms with Crippen LogP contribution in [0.3, 0.4) is 0 Å². The quantitative estimate of drug-likeness (QED) is 0.570. The molecule has 0 unspecified atom stereocenters. The molecule has 0 bridgehead atoms. The number of rotatable bonds is 3. The van der Waals surface area contributed by atoms with Crippen LogP contribution in [0.1, 0.15) is 10.4 Å². The van der Waals surface area contributed by atoms with Gasteiger partial charge in [0.2, 0.25) is 0 Å². The van der Waals surface area contributed by atoms with Crippen molar-refractivity contribution < 1.29 is 19.8 Å². The molecule has 1 aromatic heterocycles. The SMILES string of the molecule is Cn1c(=O)c(C(=O)NCC(=O)O)c(O)c2ccc(N)cc21. The van der Waals surface area contributed by atoms with Crippen LogP contribution in [0.5, 0.6) is 5.75 Å². The number of anilines is 1. The van der Waals surface area contributed by atoms with E-state index in [0.29, 0.717) is 11.2 Å². The van der Waals surface area contributed by atoms with Crippen molar-refractivity contribution in [2.45, 2.75) is 0 Å². The maximum atomic E-state index is 12.2. The van der Waals surface area contributed by atoms with Crippen molar-refractivity contribution in [2.75, 3.05) is 12.3 Å². The van der Waals surface area contributed by atoms with Crippen molar-refractivity contribution in [1.29, 1.82) is 0 Å². The number of aryl methyl sites for hydroxylation is 1. The summed E-state index contributed by atoms with van der Waals surface area (Å²) in [4.78, 5) is 34.5. The Morgan fingerprint density at radius 3 is 2.67 bits per heavy atom. The molecule has 0 atom stereocenters. The Morgan fingerprint density at radius 2 is 2.05 bits per heavy atom. The highest BCUT2D eigenvalue weighted by Gasteiger charge is 2.21. The fourth-order valence-electron chi connectivity index (χ4n) is 1.99. The summed E-state index contributed by atoms with van der Waals surface area (Å²) in [6.07, 6.45) is 0. The number of carboxylic acids is 1. The van der Waals surface area contributed by atoms with Crippen LogP contribution in [0.15, 0.2) is 23.0 Å². The lowest BCUT2D eigenvalue weighted by Crippen LogP contribution is -2.35. The zero-order chi connectivity index (χ0) is 15.7. The Hall–Kier alpha value is -3.03. The topological polar surface area (TPSA) is 135 Å². The summed E-state index contributed by atoms with van der Waals surface area (Å²) < 4.78 is 1.17. The van der Waals surface area contributed by atoms with Crippen LogP contribution in [0.25, 0.3) is 10.9 Å². The third-order valence-corrected chi connectivity index (χ3v) is 3.02. The Kier molecular flexibility index (Phi) is 3.53. The van der Waals surface area contributed by atoms with Crippen LogP contribution < -0.4 is 16.6 Å². The van der Waals surface area contributed by atoms with Crippen LogP contribution in [-0.2, 0) is 11.8 Å². The number of fused-ring (bicyclic) bond motifs is 1. The van der Waals surface area contributed by atoms with Crippen molar-refractivity contribution in [2.24, 2.45) is 7.05 Å². The number of amides is 1. The first-order valence-electron chi connectivity index (χ1n) is 5.94. The molecule has 0 saturated heterocycles. The number of hydrogen-bond donors (Lipinski definition) is 4. The molecule has 1 heterocycles. The van der Waals surface area contributed by atoms with Gasteiger partial charge in [0, 0.05) is 18.1 Å². The molecule has 0 spiro atoms. The zero-order valence-corrected chi connectivity index (χ0v) is 11.1. The summed E-state index contributed by atoms with van der Waals surface area (Å²) in [6, 6.07) is 4.49. The van der Waals surface area contributed by atoms with E-state index in [4.69, 9.17) is 10.8 Å². The summed E-state index contributed by atoms with van der Waals surface area (Å²) >= 11 is 0. The van der Waals surface area contributed by atoms with Gasteiger partial charge in [0.05, 0.1) is 5.52 Å². The molecule has 8 heteroatoms. The summed E-state index contributed by atoms with van der Waals surface area (Å²) in [5, 5.41) is 21.0. The molecule has 1 aromatic carbocycles. The van der Waals surface area contributed by atoms with Crippen LogP contribution in [0.2, 0.25) is 0 Å². The Labute approximate surface area is 118 Å². The molecule has 2 aromatic rings. The predicted octanol–water partition coefficient (Wildman–Crippen LogP) is -0.359. The number of hydrogen-bond acceptors (Lipinski definition) is 5. The molecule has 5 N–H and O–H groups in total. The molecule has 2 rings (SSSR count). The highest BCUT2D eigenvalue weighted by atomic mass is 16.4. The first kappa shape index (κ1) is 14.4. The van der Waals surface area contributed by atoms with Gasteiger partial charge in [-0.25, -0.2) is 0 Å². The van der Waals surface area contributed by atoms with Gasteiger partial charge in [-0.3, -0.25) is 14.4 Å². The normalized spacial score (nSPS) is 10.5. The second kappa shape index (κ2) is 5.16. The number of nitrogen functional groups attached to an aromatic ring is 1. The van der Waals surface area contributed by atoms with Gasteiger partial charge in [0.1, 0.15) is 17.9 Å². The minimum absolute atomic E-state index is 0.270. The summed E-state index contributed by atoms with van der Waals surface area (Å²) in [7, 11) is 1.43. The third kappa shape index (κ3) is 2.50. The van der Waals surface area contributed by atoms with Crippen molar-refractivity contribution >= 4 is 28.5 Å². The smallest absolute Gasteiger partial charge is 0.322 e. The van der Waals surface area contributed by atoms with E-state index in [1.54, 1.807) is 0 Å². The molecule has 1 amide bonds. The van der Waals surface area contributed by atoms with Crippen molar-refractivity contribution in [3.63, 3.8) is 0 Å². The van der Waals surface area contributed by atoms with Crippen molar-refractivity contribution in [3.05, 3.63) is 34.1 Å². The largest absolute Gasteiger partial charge is 0.506 e. The number of carbonyl (C=O) groups is 2. The lowest BCUT2D eigenvalue weighted by atomic mass is 10.1. The number of nitrogens with zero attached hydrogens (tertiary/aromatic N) is 1. The van der Waals surface area contributed by atoms with Gasteiger partial charge in [0.25, 0.3) is 11.5 Å². The monoisotopic (exact) mass is 291 g/mol. The second-order valence-corrected chi connectivity index (χ2v) is 4.44. The standard InChI is InChI=1S/C13H13N3O5/c1-16-8-4-6(14)2-3-7(8)11(19)10(13(16)21)12(20)15-5-9(17)18/h2-4,19H,5,14H2,1H3,(H,15,20)(H,17,18). The van der Waals surface area contributed by atoms with Crippen molar-refractivity contribution in [1.82, 2.24) is 9.88 Å². The summed E-state index contributed by atoms with van der Waals surface area (Å²) in [6.45, 7) is -0.652. The number of aromatic hydroxyl groups is 1. The van der Waals surface area contributed by atoms with E-state index >= 15 is 0 Å². The van der Waals surface area contributed by atoms with E-state index in [1.807, 2.05) is 5.32 Å². The third-order valence-electron chi connectivity index (χ3n) is 3.02. The molecule has 0 aliphatic heterocycles. The minimum atomic E-state index is -1.26. The lowest BCUT2D eigenvalue weighted by molar-refractivity contribution is -0.135. The lowest BCUT2D eigenvalue weighted by Gasteiger charge is -2.11. The van der Waals surface area contributed by atoms with Gasteiger partial charge in [-0.05, 0) is 18.2 Å². The first-order valence-corrected chi connectivity index (χ1v) is 5.94. The van der Waals surface area contributed by atoms with Crippen LogP contribution in [0, 0.1) is 0 Å². The Morgan fingerprint density at radius 1 is 1.38 bits per heavy atom. The van der Waals surface area contributed by atoms with Gasteiger partial charge in [0.15, 0.2) is 0 Å². The van der Waals surface area contributed by atoms with Crippen LogP contribution in [0.4, 0.5) is 5.69 Å². The molecule has 110 valence electrons. The molecular formula is C13H13N3O5. The Bertz CT molecular complexity index is 810. The molecule has 21 heavy (non-hydrogen) atoms. The second-order valence-electron chi connectivity index (χ2n) is 4.44. The molecule has 0 saturated carbocycles. The summed E-state index contributed by atoms with van der Waals surface area (Å²) in [5.41, 5.74) is 5.15. The van der Waals surface area contributed by atoms with E-state index in [0.717, 1.165) is 0 Å². The summed E-state index contributed by atoms with van der Waals surface area (Å²) in [5.74, 6) is -2.71. The van der Waals surface area contributed by atoms with E-state index in [2.05, 4.69) is 0 Å². The number of benzene rings is 1. The maximum absolute atomic E-state index is 12.2. The number of pyridine rings is 1. The maximum Gasteiger partial charge on any atom is 0.322 e. The number of aromatic nitrogens is 1. The number of carbonyl (C=O) groups excluding carboxylic acids is 1. The fraction of sp³-hybridized carbons (Fsp3) is 0.154. The molecule has 0 aliphatic carbocycles. The van der Waals surface area contributed by atoms with Gasteiger partial charge in [-0.15, -0.1) is 0 Å². The molecule has 8 nitrogen and oxygen atoms in total. The number of nitrogens with one attached hydrogen (secondary N) is 1. The first-order chi connectivity index (χ1) is 9.82.